The van der Waals surface area contributed by atoms with Crippen molar-refractivity contribution in [1.29, 1.82) is 0 Å². The Morgan fingerprint density at radius 3 is 2.45 bits per heavy atom. The molecule has 4 heteroatoms. The van der Waals surface area contributed by atoms with Crippen LogP contribution < -0.4 is 10.1 Å². The van der Waals surface area contributed by atoms with Gasteiger partial charge in [0.15, 0.2) is 0 Å². The standard InChI is InChI=1S/C16H22N2OS/c1-11(2)19-15-7-5-13(6-8-15)16(17-4)9-14-10-20-12(3)18-14/h5-8,10-11,16-17H,9H2,1-4H3. The number of aryl methyl sites for hydroxylation is 1. The Morgan fingerprint density at radius 1 is 1.25 bits per heavy atom. The molecule has 20 heavy (non-hydrogen) atoms. The van der Waals surface area contributed by atoms with Crippen LogP contribution in [0, 0.1) is 6.92 Å². The van der Waals surface area contributed by atoms with Crippen LogP contribution >= 0.6 is 11.3 Å². The van der Waals surface area contributed by atoms with E-state index in [1.807, 2.05) is 40.0 Å². The number of likely N-dealkylation sites (N-methyl/N-ethyl adjacent to an activating group) is 1. The van der Waals surface area contributed by atoms with Crippen molar-refractivity contribution in [2.75, 3.05) is 7.05 Å². The Labute approximate surface area is 125 Å². The van der Waals surface area contributed by atoms with Gasteiger partial charge in [-0.1, -0.05) is 12.1 Å². The monoisotopic (exact) mass is 290 g/mol. The van der Waals surface area contributed by atoms with Gasteiger partial charge in [0.2, 0.25) is 0 Å². The van der Waals surface area contributed by atoms with Crippen molar-refractivity contribution in [3.63, 3.8) is 0 Å². The van der Waals surface area contributed by atoms with Crippen molar-refractivity contribution in [2.24, 2.45) is 0 Å². The van der Waals surface area contributed by atoms with Crippen LogP contribution in [-0.2, 0) is 6.42 Å². The second-order valence-corrected chi connectivity index (χ2v) is 6.20. The molecule has 1 unspecified atom stereocenters. The SMILES string of the molecule is CNC(Cc1csc(C)n1)c1ccc(OC(C)C)cc1. The first-order chi connectivity index (χ1) is 9.58. The van der Waals surface area contributed by atoms with Crippen molar-refractivity contribution in [3.05, 3.63) is 45.9 Å². The molecule has 0 amide bonds. The van der Waals surface area contributed by atoms with Gasteiger partial charge in [0.05, 0.1) is 16.8 Å². The van der Waals surface area contributed by atoms with Crippen molar-refractivity contribution in [2.45, 2.75) is 39.3 Å². The third-order valence-corrected chi connectivity index (χ3v) is 3.90. The van der Waals surface area contributed by atoms with Gasteiger partial charge in [0, 0.05) is 17.8 Å². The summed E-state index contributed by atoms with van der Waals surface area (Å²) < 4.78 is 5.67. The van der Waals surface area contributed by atoms with E-state index >= 15 is 0 Å². The number of hydrogen-bond acceptors (Lipinski definition) is 4. The first kappa shape index (κ1) is 15.0. The fourth-order valence-corrected chi connectivity index (χ4v) is 2.77. The summed E-state index contributed by atoms with van der Waals surface area (Å²) in [5, 5.41) is 6.62. The van der Waals surface area contributed by atoms with Crippen molar-refractivity contribution < 1.29 is 4.74 Å². The molecule has 108 valence electrons. The number of aromatic nitrogens is 1. The Kier molecular flexibility index (Phi) is 5.15. The Morgan fingerprint density at radius 2 is 1.95 bits per heavy atom. The van der Waals surface area contributed by atoms with Gasteiger partial charge in [-0.3, -0.25) is 0 Å². The molecule has 0 radical (unpaired) electrons. The number of rotatable bonds is 6. The van der Waals surface area contributed by atoms with Gasteiger partial charge in [-0.25, -0.2) is 4.98 Å². The molecule has 3 nitrogen and oxygen atoms in total. The number of nitrogens with zero attached hydrogens (tertiary/aromatic N) is 1. The molecule has 0 saturated heterocycles. The molecule has 0 fully saturated rings. The fourth-order valence-electron chi connectivity index (χ4n) is 2.15. The van der Waals surface area contributed by atoms with E-state index in [-0.39, 0.29) is 12.1 Å². The lowest BCUT2D eigenvalue weighted by atomic mass is 10.0. The highest BCUT2D eigenvalue weighted by molar-refractivity contribution is 7.09. The van der Waals surface area contributed by atoms with Gasteiger partial charge in [-0.15, -0.1) is 11.3 Å². The molecule has 1 heterocycles. The van der Waals surface area contributed by atoms with E-state index in [4.69, 9.17) is 4.74 Å². The predicted octanol–water partition coefficient (Wildman–Crippen LogP) is 3.74. The molecule has 1 N–H and O–H groups in total. The minimum atomic E-state index is 0.207. The van der Waals surface area contributed by atoms with E-state index in [2.05, 4.69) is 27.8 Å². The fraction of sp³-hybridized carbons (Fsp3) is 0.438. The highest BCUT2D eigenvalue weighted by Gasteiger charge is 2.12. The lowest BCUT2D eigenvalue weighted by Crippen LogP contribution is -2.19. The highest BCUT2D eigenvalue weighted by Crippen LogP contribution is 2.22. The minimum Gasteiger partial charge on any atom is -0.491 e. The van der Waals surface area contributed by atoms with Crippen LogP contribution in [0.2, 0.25) is 0 Å². The molecule has 0 aliphatic heterocycles. The molecule has 0 saturated carbocycles. The molecule has 1 aromatic carbocycles. The molecule has 1 atom stereocenters. The summed E-state index contributed by atoms with van der Waals surface area (Å²) in [4.78, 5) is 4.53. The Balaban J connectivity index is 2.07. The van der Waals surface area contributed by atoms with E-state index in [1.165, 1.54) is 5.56 Å². The van der Waals surface area contributed by atoms with Crippen LogP contribution in [0.5, 0.6) is 5.75 Å². The van der Waals surface area contributed by atoms with Gasteiger partial charge >= 0.3 is 0 Å². The van der Waals surface area contributed by atoms with E-state index < -0.39 is 0 Å². The second-order valence-electron chi connectivity index (χ2n) is 5.14. The van der Waals surface area contributed by atoms with Crippen molar-refractivity contribution in [3.8, 4) is 5.75 Å². The van der Waals surface area contributed by atoms with Crippen molar-refractivity contribution in [1.82, 2.24) is 10.3 Å². The van der Waals surface area contributed by atoms with E-state index in [9.17, 15) is 0 Å². The zero-order chi connectivity index (χ0) is 14.5. The molecule has 2 rings (SSSR count). The zero-order valence-corrected chi connectivity index (χ0v) is 13.3. The lowest BCUT2D eigenvalue weighted by molar-refractivity contribution is 0.242. The number of thiazole rings is 1. The van der Waals surface area contributed by atoms with Crippen LogP contribution in [0.15, 0.2) is 29.6 Å². The summed E-state index contributed by atoms with van der Waals surface area (Å²) in [7, 11) is 1.99. The normalized spacial score (nSPS) is 12.7. The van der Waals surface area contributed by atoms with Crippen LogP contribution in [-0.4, -0.2) is 18.1 Å². The van der Waals surface area contributed by atoms with Gasteiger partial charge in [-0.05, 0) is 45.5 Å². The topological polar surface area (TPSA) is 34.2 Å². The number of benzene rings is 1. The van der Waals surface area contributed by atoms with Crippen LogP contribution in [0.1, 0.15) is 36.2 Å². The van der Waals surface area contributed by atoms with Gasteiger partial charge in [-0.2, -0.15) is 0 Å². The Bertz CT molecular complexity index is 534. The predicted molar refractivity (Wildman–Crippen MR) is 84.6 cm³/mol. The molecule has 1 aromatic heterocycles. The van der Waals surface area contributed by atoms with E-state index in [0.717, 1.165) is 22.9 Å². The molecule has 0 aliphatic rings. The van der Waals surface area contributed by atoms with Crippen molar-refractivity contribution >= 4 is 11.3 Å². The Hall–Kier alpha value is -1.39. The van der Waals surface area contributed by atoms with E-state index in [1.54, 1.807) is 11.3 Å². The molecule has 0 bridgehead atoms. The maximum atomic E-state index is 5.67. The summed E-state index contributed by atoms with van der Waals surface area (Å²) in [6.07, 6.45) is 1.12. The molecular formula is C16H22N2OS. The number of ether oxygens (including phenoxy) is 1. The first-order valence-electron chi connectivity index (χ1n) is 6.93. The van der Waals surface area contributed by atoms with Crippen LogP contribution in [0.4, 0.5) is 0 Å². The highest BCUT2D eigenvalue weighted by atomic mass is 32.1. The van der Waals surface area contributed by atoms with Crippen LogP contribution in [0.25, 0.3) is 0 Å². The minimum absolute atomic E-state index is 0.207. The summed E-state index contributed by atoms with van der Waals surface area (Å²) >= 11 is 1.70. The average Bonchev–Trinajstić information content (AvgIpc) is 2.82. The molecule has 0 aliphatic carbocycles. The maximum absolute atomic E-state index is 5.67. The zero-order valence-electron chi connectivity index (χ0n) is 12.5. The summed E-state index contributed by atoms with van der Waals surface area (Å²) in [6.45, 7) is 6.12. The lowest BCUT2D eigenvalue weighted by Gasteiger charge is -2.16. The third-order valence-electron chi connectivity index (χ3n) is 3.08. The van der Waals surface area contributed by atoms with Gasteiger partial charge < -0.3 is 10.1 Å². The quantitative estimate of drug-likeness (QED) is 0.880. The maximum Gasteiger partial charge on any atom is 0.119 e. The molecule has 2 aromatic rings. The second kappa shape index (κ2) is 6.86. The number of nitrogens with one attached hydrogen (secondary N) is 1. The third kappa shape index (κ3) is 4.05. The molecule has 0 spiro atoms. The smallest absolute Gasteiger partial charge is 0.119 e. The largest absolute Gasteiger partial charge is 0.491 e. The summed E-state index contributed by atoms with van der Waals surface area (Å²) in [5.74, 6) is 0.920. The molecular weight excluding hydrogens is 268 g/mol. The average molecular weight is 290 g/mol. The summed E-state index contributed by atoms with van der Waals surface area (Å²) in [6, 6.07) is 8.60. The van der Waals surface area contributed by atoms with Gasteiger partial charge in [0.1, 0.15) is 5.75 Å². The van der Waals surface area contributed by atoms with E-state index in [0.29, 0.717) is 0 Å². The number of hydrogen-bond donors (Lipinski definition) is 1. The first-order valence-corrected chi connectivity index (χ1v) is 7.81. The summed E-state index contributed by atoms with van der Waals surface area (Å²) in [5.41, 5.74) is 2.41. The van der Waals surface area contributed by atoms with Crippen LogP contribution in [0.3, 0.4) is 0 Å². The van der Waals surface area contributed by atoms with Gasteiger partial charge in [0.25, 0.3) is 0 Å².